The van der Waals surface area contributed by atoms with Gasteiger partial charge < -0.3 is 19.5 Å². The van der Waals surface area contributed by atoms with E-state index in [1.165, 1.54) is 11.1 Å². The molecule has 1 heterocycles. The number of hydrogen-bond donors (Lipinski definition) is 1. The van der Waals surface area contributed by atoms with Crippen LogP contribution in [0, 0.1) is 0 Å². The maximum Gasteiger partial charge on any atom is 0.142 e. The third-order valence-corrected chi connectivity index (χ3v) is 6.27. The molecule has 3 aromatic carbocycles. The molecule has 1 aliphatic heterocycles. The van der Waals surface area contributed by atoms with Crippen molar-refractivity contribution in [2.24, 2.45) is 0 Å². The minimum atomic E-state index is -0.505. The number of ether oxygens (including phenoxy) is 2. The van der Waals surface area contributed by atoms with Crippen LogP contribution in [-0.4, -0.2) is 69.2 Å². The molecule has 1 N–H and O–H groups in total. The smallest absolute Gasteiger partial charge is 0.142 e. The first-order valence-corrected chi connectivity index (χ1v) is 11.7. The molecule has 0 unspecified atom stereocenters. The van der Waals surface area contributed by atoms with Gasteiger partial charge in [0.2, 0.25) is 0 Å². The van der Waals surface area contributed by atoms with Crippen LogP contribution in [0.25, 0.3) is 0 Å². The fourth-order valence-electron chi connectivity index (χ4n) is 4.49. The van der Waals surface area contributed by atoms with Gasteiger partial charge >= 0.3 is 0 Å². The van der Waals surface area contributed by atoms with Gasteiger partial charge in [0, 0.05) is 38.6 Å². The summed E-state index contributed by atoms with van der Waals surface area (Å²) in [4.78, 5) is 4.66. The molecule has 0 aromatic heterocycles. The van der Waals surface area contributed by atoms with E-state index in [1.807, 2.05) is 30.3 Å². The Hall–Kier alpha value is -2.86. The Morgan fingerprint density at radius 2 is 1.33 bits per heavy atom. The number of aliphatic hydroxyl groups is 1. The minimum Gasteiger partial charge on any atom is -0.495 e. The van der Waals surface area contributed by atoms with Crippen LogP contribution >= 0.6 is 0 Å². The number of para-hydroxylation sites is 2. The van der Waals surface area contributed by atoms with Crippen molar-refractivity contribution in [2.75, 3.05) is 57.9 Å². The van der Waals surface area contributed by atoms with E-state index in [4.69, 9.17) is 9.47 Å². The number of rotatable bonds is 10. The molecule has 5 nitrogen and oxygen atoms in total. The Labute approximate surface area is 197 Å². The quantitative estimate of drug-likeness (QED) is 0.510. The van der Waals surface area contributed by atoms with Crippen molar-refractivity contribution in [1.82, 2.24) is 4.90 Å². The van der Waals surface area contributed by atoms with Gasteiger partial charge in [-0.3, -0.25) is 4.90 Å². The Balaban J connectivity index is 1.25. The predicted octanol–water partition coefficient (Wildman–Crippen LogP) is 4.03. The Kier molecular flexibility index (Phi) is 8.36. The van der Waals surface area contributed by atoms with Crippen molar-refractivity contribution >= 4 is 5.69 Å². The predicted molar refractivity (Wildman–Crippen MR) is 133 cm³/mol. The third kappa shape index (κ3) is 6.35. The average molecular weight is 447 g/mol. The van der Waals surface area contributed by atoms with Gasteiger partial charge in [0.05, 0.1) is 32.1 Å². The molecule has 0 radical (unpaired) electrons. The molecule has 1 fully saturated rings. The lowest BCUT2D eigenvalue weighted by molar-refractivity contribution is 0.0135. The lowest BCUT2D eigenvalue weighted by atomic mass is 9.92. The summed E-state index contributed by atoms with van der Waals surface area (Å²) in [7, 11) is 1.71. The van der Waals surface area contributed by atoms with Crippen molar-refractivity contribution in [3.05, 3.63) is 96.1 Å². The SMILES string of the molecule is COc1ccccc1N1CCN(C[C@H](O)COCC(c2ccccc2)c2ccccc2)CC1. The van der Waals surface area contributed by atoms with Crippen LogP contribution in [0.1, 0.15) is 17.0 Å². The van der Waals surface area contributed by atoms with Gasteiger partial charge in [-0.1, -0.05) is 72.8 Å². The minimum absolute atomic E-state index is 0.156. The van der Waals surface area contributed by atoms with Crippen molar-refractivity contribution in [3.8, 4) is 5.75 Å². The molecule has 33 heavy (non-hydrogen) atoms. The van der Waals surface area contributed by atoms with Crippen molar-refractivity contribution < 1.29 is 14.6 Å². The highest BCUT2D eigenvalue weighted by Gasteiger charge is 2.22. The molecule has 0 bridgehead atoms. The summed E-state index contributed by atoms with van der Waals surface area (Å²) in [6, 6.07) is 29.0. The molecule has 0 saturated carbocycles. The van der Waals surface area contributed by atoms with Gasteiger partial charge in [0.15, 0.2) is 0 Å². The van der Waals surface area contributed by atoms with E-state index in [0.29, 0.717) is 19.8 Å². The van der Waals surface area contributed by atoms with Crippen LogP contribution in [0.2, 0.25) is 0 Å². The number of nitrogens with zero attached hydrogens (tertiary/aromatic N) is 2. The van der Waals surface area contributed by atoms with Crippen molar-refractivity contribution in [1.29, 1.82) is 0 Å². The molecule has 0 spiro atoms. The van der Waals surface area contributed by atoms with E-state index in [2.05, 4.69) is 64.4 Å². The second-order valence-electron chi connectivity index (χ2n) is 8.52. The number of benzene rings is 3. The zero-order valence-corrected chi connectivity index (χ0v) is 19.3. The molecule has 1 saturated heterocycles. The van der Waals surface area contributed by atoms with Gasteiger partial charge in [-0.25, -0.2) is 0 Å². The second-order valence-corrected chi connectivity index (χ2v) is 8.52. The average Bonchev–Trinajstić information content (AvgIpc) is 2.88. The molecule has 5 heteroatoms. The fourth-order valence-corrected chi connectivity index (χ4v) is 4.49. The Morgan fingerprint density at radius 3 is 1.94 bits per heavy atom. The van der Waals surface area contributed by atoms with Crippen LogP contribution in [0.15, 0.2) is 84.9 Å². The summed E-state index contributed by atoms with van der Waals surface area (Å²) in [5.41, 5.74) is 3.59. The summed E-state index contributed by atoms with van der Waals surface area (Å²) in [6.07, 6.45) is -0.505. The number of anilines is 1. The molecule has 174 valence electrons. The lowest BCUT2D eigenvalue weighted by Gasteiger charge is -2.37. The Morgan fingerprint density at radius 1 is 0.758 bits per heavy atom. The summed E-state index contributed by atoms with van der Waals surface area (Å²) in [5.74, 6) is 1.06. The first kappa shape index (κ1) is 23.3. The van der Waals surface area contributed by atoms with Gasteiger partial charge in [-0.05, 0) is 23.3 Å². The highest BCUT2D eigenvalue weighted by Crippen LogP contribution is 2.28. The highest BCUT2D eigenvalue weighted by molar-refractivity contribution is 5.58. The van der Waals surface area contributed by atoms with E-state index in [1.54, 1.807) is 7.11 Å². The highest BCUT2D eigenvalue weighted by atomic mass is 16.5. The molecular weight excluding hydrogens is 412 g/mol. The number of aliphatic hydroxyl groups excluding tert-OH is 1. The number of methoxy groups -OCH3 is 1. The van der Waals surface area contributed by atoms with Gasteiger partial charge in [-0.15, -0.1) is 0 Å². The summed E-state index contributed by atoms with van der Waals surface area (Å²) >= 11 is 0. The molecular formula is C28H34N2O3. The number of piperazine rings is 1. The molecule has 0 amide bonds. The molecule has 1 aliphatic rings. The van der Waals surface area contributed by atoms with E-state index in [-0.39, 0.29) is 5.92 Å². The fraction of sp³-hybridized carbons (Fsp3) is 0.357. The van der Waals surface area contributed by atoms with Crippen LogP contribution in [-0.2, 0) is 4.74 Å². The van der Waals surface area contributed by atoms with Gasteiger partial charge in [0.1, 0.15) is 5.75 Å². The topological polar surface area (TPSA) is 45.2 Å². The number of hydrogen-bond acceptors (Lipinski definition) is 5. The van der Waals surface area contributed by atoms with Crippen LogP contribution in [0.4, 0.5) is 5.69 Å². The van der Waals surface area contributed by atoms with Crippen molar-refractivity contribution in [3.63, 3.8) is 0 Å². The zero-order chi connectivity index (χ0) is 22.9. The summed E-state index contributed by atoms with van der Waals surface area (Å²) < 4.78 is 11.5. The lowest BCUT2D eigenvalue weighted by Crippen LogP contribution is -2.49. The van der Waals surface area contributed by atoms with Crippen molar-refractivity contribution in [2.45, 2.75) is 12.0 Å². The molecule has 4 rings (SSSR count). The molecule has 3 aromatic rings. The molecule has 0 aliphatic carbocycles. The number of β-amino-alcohol motifs (C(OH)–C–C–N with tert-alkyl or cyclic N) is 1. The largest absolute Gasteiger partial charge is 0.495 e. The van der Waals surface area contributed by atoms with E-state index in [0.717, 1.165) is 37.6 Å². The monoisotopic (exact) mass is 446 g/mol. The normalized spacial score (nSPS) is 15.5. The second kappa shape index (κ2) is 11.8. The molecule has 1 atom stereocenters. The van der Waals surface area contributed by atoms with E-state index in [9.17, 15) is 5.11 Å². The standard InChI is InChI=1S/C28H34N2O3/c1-32-28-15-9-8-14-27(28)30-18-16-29(17-19-30)20-25(31)21-33-22-26(23-10-4-2-5-11-23)24-12-6-3-7-13-24/h2-15,25-26,31H,16-22H2,1H3/t25-/m0/s1. The van der Waals surface area contributed by atoms with E-state index < -0.39 is 6.10 Å². The third-order valence-electron chi connectivity index (χ3n) is 6.27. The maximum absolute atomic E-state index is 10.6. The first-order valence-electron chi connectivity index (χ1n) is 11.7. The van der Waals surface area contributed by atoms with Crippen LogP contribution in [0.3, 0.4) is 0 Å². The Bertz CT molecular complexity index is 920. The zero-order valence-electron chi connectivity index (χ0n) is 19.3. The summed E-state index contributed by atoms with van der Waals surface area (Å²) in [5, 5.41) is 10.6. The maximum atomic E-state index is 10.6. The van der Waals surface area contributed by atoms with Gasteiger partial charge in [-0.2, -0.15) is 0 Å². The van der Waals surface area contributed by atoms with Crippen LogP contribution in [0.5, 0.6) is 5.75 Å². The first-order chi connectivity index (χ1) is 16.2. The van der Waals surface area contributed by atoms with E-state index >= 15 is 0 Å². The van der Waals surface area contributed by atoms with Gasteiger partial charge in [0.25, 0.3) is 0 Å². The summed E-state index contributed by atoms with van der Waals surface area (Å²) in [6.45, 7) is 5.16. The van der Waals surface area contributed by atoms with Crippen LogP contribution < -0.4 is 9.64 Å².